The number of furan rings is 1. The van der Waals surface area contributed by atoms with Crippen LogP contribution in [0.4, 0.5) is 8.78 Å². The monoisotopic (exact) mass is 385 g/mol. The molecule has 5 nitrogen and oxygen atoms in total. The van der Waals surface area contributed by atoms with E-state index in [9.17, 15) is 13.6 Å². The smallest absolute Gasteiger partial charge is 0.274 e. The van der Waals surface area contributed by atoms with E-state index >= 15 is 0 Å². The van der Waals surface area contributed by atoms with Crippen molar-refractivity contribution in [1.82, 2.24) is 15.1 Å². The summed E-state index contributed by atoms with van der Waals surface area (Å²) in [4.78, 5) is 14.8. The van der Waals surface area contributed by atoms with Crippen molar-refractivity contribution in [3.8, 4) is 11.5 Å². The molecule has 0 saturated carbocycles. The Kier molecular flexibility index (Phi) is 4.53. The zero-order valence-corrected chi connectivity index (χ0v) is 15.8. The Morgan fingerprint density at radius 3 is 2.86 bits per heavy atom. The number of carbonyl (C=O) groups is 1. The summed E-state index contributed by atoms with van der Waals surface area (Å²) in [6, 6.07) is 8.73. The number of H-pyrrole nitrogens is 1. The van der Waals surface area contributed by atoms with Gasteiger partial charge < -0.3 is 9.32 Å². The molecular weight excluding hydrogens is 364 g/mol. The summed E-state index contributed by atoms with van der Waals surface area (Å²) < 4.78 is 33.3. The normalized spacial score (nSPS) is 19.4. The molecule has 1 aromatic carbocycles. The quantitative estimate of drug-likeness (QED) is 0.720. The lowest BCUT2D eigenvalue weighted by Crippen LogP contribution is -2.47. The van der Waals surface area contributed by atoms with E-state index in [0.29, 0.717) is 24.4 Å². The minimum Gasteiger partial charge on any atom is -0.460 e. The third kappa shape index (κ3) is 3.32. The van der Waals surface area contributed by atoms with Crippen LogP contribution >= 0.6 is 0 Å². The van der Waals surface area contributed by atoms with Crippen molar-refractivity contribution < 1.29 is 18.0 Å². The molecule has 4 rings (SSSR count). The SMILES string of the molecule is Cc1ccc(-c2cc(C(=O)N3CCCC3(C)Cc3cc(F)ccc3F)n[nH]2)o1. The molecule has 1 aliphatic heterocycles. The molecule has 1 atom stereocenters. The van der Waals surface area contributed by atoms with E-state index in [1.165, 1.54) is 6.07 Å². The van der Waals surface area contributed by atoms with Gasteiger partial charge in [-0.2, -0.15) is 5.10 Å². The van der Waals surface area contributed by atoms with Crippen LogP contribution in [0.25, 0.3) is 11.5 Å². The molecule has 1 saturated heterocycles. The van der Waals surface area contributed by atoms with Crippen molar-refractivity contribution in [2.24, 2.45) is 0 Å². The Balaban J connectivity index is 1.58. The molecule has 1 aliphatic rings. The second-order valence-corrected chi connectivity index (χ2v) is 7.55. The van der Waals surface area contributed by atoms with Gasteiger partial charge in [-0.05, 0) is 69.0 Å². The van der Waals surface area contributed by atoms with Crippen molar-refractivity contribution in [1.29, 1.82) is 0 Å². The van der Waals surface area contributed by atoms with Gasteiger partial charge in [0.05, 0.1) is 0 Å². The van der Waals surface area contributed by atoms with E-state index in [2.05, 4.69) is 10.2 Å². The van der Waals surface area contributed by atoms with Gasteiger partial charge in [-0.3, -0.25) is 9.89 Å². The summed E-state index contributed by atoms with van der Waals surface area (Å²) in [5.74, 6) is 0.193. The number of hydrogen-bond donors (Lipinski definition) is 1. The van der Waals surface area contributed by atoms with Crippen LogP contribution < -0.4 is 0 Å². The van der Waals surface area contributed by atoms with Gasteiger partial charge in [0.2, 0.25) is 0 Å². The minimum absolute atomic E-state index is 0.234. The maximum atomic E-state index is 14.1. The van der Waals surface area contributed by atoms with E-state index < -0.39 is 17.2 Å². The Bertz CT molecular complexity index is 1030. The molecule has 146 valence electrons. The Hall–Kier alpha value is -2.96. The Morgan fingerprint density at radius 2 is 2.11 bits per heavy atom. The van der Waals surface area contributed by atoms with Crippen LogP contribution in [-0.4, -0.2) is 33.1 Å². The fourth-order valence-electron chi connectivity index (χ4n) is 3.92. The maximum Gasteiger partial charge on any atom is 0.274 e. The topological polar surface area (TPSA) is 62.1 Å². The number of amides is 1. The average Bonchev–Trinajstić information content (AvgIpc) is 3.37. The molecule has 0 radical (unpaired) electrons. The Labute approximate surface area is 161 Å². The molecule has 0 bridgehead atoms. The summed E-state index contributed by atoms with van der Waals surface area (Å²) in [7, 11) is 0. The highest BCUT2D eigenvalue weighted by atomic mass is 19.1. The molecular formula is C21H21F2N3O2. The number of carbonyl (C=O) groups excluding carboxylic acids is 1. The van der Waals surface area contributed by atoms with E-state index in [-0.39, 0.29) is 23.6 Å². The molecule has 0 spiro atoms. The minimum atomic E-state index is -0.605. The first kappa shape index (κ1) is 18.4. The summed E-state index contributed by atoms with van der Waals surface area (Å²) in [6.45, 7) is 4.30. The molecule has 3 aromatic rings. The molecule has 3 heterocycles. The van der Waals surface area contributed by atoms with Gasteiger partial charge in [0, 0.05) is 18.2 Å². The van der Waals surface area contributed by atoms with Crippen LogP contribution in [0.5, 0.6) is 0 Å². The molecule has 7 heteroatoms. The molecule has 28 heavy (non-hydrogen) atoms. The highest BCUT2D eigenvalue weighted by Crippen LogP contribution is 2.34. The van der Waals surface area contributed by atoms with Gasteiger partial charge in [-0.15, -0.1) is 0 Å². The first-order valence-corrected chi connectivity index (χ1v) is 9.24. The zero-order chi connectivity index (χ0) is 19.9. The zero-order valence-electron chi connectivity index (χ0n) is 15.8. The number of halogens is 2. The van der Waals surface area contributed by atoms with Crippen LogP contribution in [0.2, 0.25) is 0 Å². The van der Waals surface area contributed by atoms with Crippen molar-refractivity contribution >= 4 is 5.91 Å². The molecule has 1 fully saturated rings. The fraction of sp³-hybridized carbons (Fsp3) is 0.333. The highest BCUT2D eigenvalue weighted by molar-refractivity contribution is 5.94. The number of aryl methyl sites for hydroxylation is 1. The van der Waals surface area contributed by atoms with Gasteiger partial charge >= 0.3 is 0 Å². The number of likely N-dealkylation sites (tertiary alicyclic amines) is 1. The largest absolute Gasteiger partial charge is 0.460 e. The number of nitrogens with one attached hydrogen (secondary N) is 1. The van der Waals surface area contributed by atoms with Gasteiger partial charge in [0.25, 0.3) is 5.91 Å². The maximum absolute atomic E-state index is 14.1. The average molecular weight is 385 g/mol. The number of rotatable bonds is 4. The van der Waals surface area contributed by atoms with Crippen molar-refractivity contribution in [3.05, 3.63) is 65.1 Å². The van der Waals surface area contributed by atoms with Gasteiger partial charge in [0.1, 0.15) is 23.1 Å². The number of aromatic amines is 1. The summed E-state index contributed by atoms with van der Waals surface area (Å²) >= 11 is 0. The number of benzene rings is 1. The third-order valence-electron chi connectivity index (χ3n) is 5.38. The number of hydrogen-bond acceptors (Lipinski definition) is 3. The van der Waals surface area contributed by atoms with Gasteiger partial charge in [-0.25, -0.2) is 8.78 Å². The van der Waals surface area contributed by atoms with E-state index in [4.69, 9.17) is 4.42 Å². The van der Waals surface area contributed by atoms with Crippen molar-refractivity contribution in [2.75, 3.05) is 6.54 Å². The van der Waals surface area contributed by atoms with Crippen LogP contribution in [0, 0.1) is 18.6 Å². The highest BCUT2D eigenvalue weighted by Gasteiger charge is 2.41. The van der Waals surface area contributed by atoms with Crippen molar-refractivity contribution in [2.45, 2.75) is 38.6 Å². The Morgan fingerprint density at radius 1 is 1.29 bits per heavy atom. The van der Waals surface area contributed by atoms with Gasteiger partial charge in [0.15, 0.2) is 11.5 Å². The fourth-order valence-corrected chi connectivity index (χ4v) is 3.92. The summed E-state index contributed by atoms with van der Waals surface area (Å²) in [5.41, 5.74) is 0.563. The van der Waals surface area contributed by atoms with Crippen molar-refractivity contribution in [3.63, 3.8) is 0 Å². The molecule has 0 aliphatic carbocycles. The van der Waals surface area contributed by atoms with Gasteiger partial charge in [-0.1, -0.05) is 0 Å². The van der Waals surface area contributed by atoms with Crippen LogP contribution in [0.3, 0.4) is 0 Å². The van der Waals surface area contributed by atoms with E-state index in [1.807, 2.05) is 26.0 Å². The second kappa shape index (κ2) is 6.89. The predicted octanol–water partition coefficient (Wildman–Crippen LogP) is 4.49. The third-order valence-corrected chi connectivity index (χ3v) is 5.38. The summed E-state index contributed by atoms with van der Waals surface area (Å²) in [6.07, 6.45) is 1.76. The second-order valence-electron chi connectivity index (χ2n) is 7.55. The lowest BCUT2D eigenvalue weighted by atomic mass is 9.89. The molecule has 1 unspecified atom stereocenters. The van der Waals surface area contributed by atoms with Crippen LogP contribution in [0.1, 0.15) is 41.6 Å². The summed E-state index contributed by atoms with van der Waals surface area (Å²) in [5, 5.41) is 6.97. The lowest BCUT2D eigenvalue weighted by molar-refractivity contribution is 0.0616. The molecule has 1 N–H and O–H groups in total. The first-order valence-electron chi connectivity index (χ1n) is 9.24. The predicted molar refractivity (Wildman–Crippen MR) is 99.8 cm³/mol. The van der Waals surface area contributed by atoms with E-state index in [1.54, 1.807) is 11.0 Å². The van der Waals surface area contributed by atoms with Crippen LogP contribution in [0.15, 0.2) is 40.8 Å². The van der Waals surface area contributed by atoms with Crippen LogP contribution in [-0.2, 0) is 6.42 Å². The molecule has 1 amide bonds. The lowest BCUT2D eigenvalue weighted by Gasteiger charge is -2.35. The first-order chi connectivity index (χ1) is 13.4. The number of aromatic nitrogens is 2. The number of nitrogens with zero attached hydrogens (tertiary/aromatic N) is 2. The molecule has 2 aromatic heterocycles. The van der Waals surface area contributed by atoms with E-state index in [0.717, 1.165) is 24.3 Å². The standard InChI is InChI=1S/C21H21F2N3O2/c1-13-4-7-19(28-13)17-11-18(25-24-17)20(27)26-9-3-8-21(26,2)12-14-10-15(22)5-6-16(14)23/h4-7,10-11H,3,8-9,12H2,1-2H3,(H,24,25).